The van der Waals surface area contributed by atoms with E-state index in [0.29, 0.717) is 12.8 Å². The van der Waals surface area contributed by atoms with E-state index in [0.717, 1.165) is 0 Å². The summed E-state index contributed by atoms with van der Waals surface area (Å²) in [5, 5.41) is 5.83. The Kier molecular flexibility index (Phi) is 2.53. The Balaban J connectivity index is 2.71. The van der Waals surface area contributed by atoms with Crippen molar-refractivity contribution in [3.8, 4) is 0 Å². The van der Waals surface area contributed by atoms with Gasteiger partial charge in [-0.1, -0.05) is 17.4 Å². The van der Waals surface area contributed by atoms with Gasteiger partial charge in [-0.15, -0.1) is 0 Å². The first-order valence-electron chi connectivity index (χ1n) is 3.88. The maximum atomic E-state index is 9.28. The first-order valence-corrected chi connectivity index (χ1v) is 3.88. The van der Waals surface area contributed by atoms with Crippen LogP contribution in [-0.2, 0) is 0 Å². The summed E-state index contributed by atoms with van der Waals surface area (Å²) in [6, 6.07) is 0. The van der Waals surface area contributed by atoms with Crippen molar-refractivity contribution in [3.05, 3.63) is 12.2 Å². The molecule has 1 N–H and O–H groups in total. The van der Waals surface area contributed by atoms with Crippen LogP contribution in [0, 0.1) is 5.92 Å². The number of allylic oxidation sites excluding steroid dienone is 2. The Bertz CT molecular complexity index is 186. The third-order valence-corrected chi connectivity index (χ3v) is 2.38. The largest absolute Gasteiger partial charge is 0.410 e. The van der Waals surface area contributed by atoms with Crippen LogP contribution in [0.1, 0.15) is 12.8 Å². The molecule has 0 saturated heterocycles. The van der Waals surface area contributed by atoms with Crippen LogP contribution in [-0.4, -0.2) is 41.9 Å². The maximum absolute atomic E-state index is 9.28. The molecule has 8 radical (unpaired) electrons. The van der Waals surface area contributed by atoms with E-state index in [9.17, 15) is 5.11 Å². The summed E-state index contributed by atoms with van der Waals surface area (Å²) in [6.07, 6.45) is 5.32. The van der Waals surface area contributed by atoms with Crippen LogP contribution in [0.5, 0.6) is 0 Å². The molecule has 0 aliphatic heterocycles. The minimum Gasteiger partial charge on any atom is -0.410 e. The minimum atomic E-state index is -2.02. The molecule has 0 aromatic carbocycles. The zero-order chi connectivity index (χ0) is 9.41. The van der Waals surface area contributed by atoms with E-state index < -0.39 is 10.6 Å². The van der Waals surface area contributed by atoms with E-state index in [1.165, 1.54) is 0 Å². The second-order valence-electron chi connectivity index (χ2n) is 3.40. The fraction of sp³-hybridized carbons (Fsp3) is 0.714. The average molecular weight is 151 g/mol. The lowest BCUT2D eigenvalue weighted by Gasteiger charge is -2.44. The minimum absolute atomic E-state index is 0.0856. The molecule has 0 fully saturated rings. The second kappa shape index (κ2) is 3.02. The van der Waals surface area contributed by atoms with Gasteiger partial charge in [0.2, 0.25) is 0 Å². The Morgan fingerprint density at radius 3 is 1.83 bits per heavy atom. The quantitative estimate of drug-likeness (QED) is 0.412. The summed E-state index contributed by atoms with van der Waals surface area (Å²) in [5.41, 5.74) is 0. The van der Waals surface area contributed by atoms with Gasteiger partial charge in [-0.25, -0.2) is 0 Å². The monoisotopic (exact) mass is 152 g/mol. The molecule has 0 aromatic heterocycles. The second-order valence-corrected chi connectivity index (χ2v) is 3.40. The van der Waals surface area contributed by atoms with Crippen molar-refractivity contribution in [2.24, 2.45) is 5.92 Å². The Hall–Kier alpha value is -0.0403. The molecule has 0 unspecified atom stereocenters. The lowest BCUT2D eigenvalue weighted by Crippen LogP contribution is -2.49. The van der Waals surface area contributed by atoms with E-state index in [-0.39, 0.29) is 5.92 Å². The summed E-state index contributed by atoms with van der Waals surface area (Å²) in [6.45, 7) is 0. The molecule has 0 amide bonds. The molecular weight excluding hydrogens is 143 g/mol. The van der Waals surface area contributed by atoms with Crippen molar-refractivity contribution >= 4 is 31.4 Å². The summed E-state index contributed by atoms with van der Waals surface area (Å²) < 4.78 is 0. The van der Waals surface area contributed by atoms with Gasteiger partial charge in [0.1, 0.15) is 0 Å². The smallest absolute Gasteiger partial charge is 0.0977 e. The lowest BCUT2D eigenvalue weighted by atomic mass is 9.32. The molecular formula is C7H8B4O. The normalized spacial score (nSPS) is 20.1. The molecule has 54 valence electrons. The van der Waals surface area contributed by atoms with Crippen LogP contribution in [0.3, 0.4) is 0 Å². The molecule has 0 bridgehead atoms. The molecule has 0 atom stereocenters. The highest BCUT2D eigenvalue weighted by Gasteiger charge is 2.39. The molecule has 5 heteroatoms. The standard InChI is InChI=1S/C7H8B4O/c8-6(9,7(10,11)12)5-3-1-2-4-5/h1-2,5,12H,3-4H2. The molecule has 0 saturated carbocycles. The van der Waals surface area contributed by atoms with Gasteiger partial charge in [-0.2, -0.15) is 0 Å². The van der Waals surface area contributed by atoms with E-state index in [1.807, 2.05) is 12.2 Å². The third-order valence-electron chi connectivity index (χ3n) is 2.38. The van der Waals surface area contributed by atoms with Gasteiger partial charge in [0.15, 0.2) is 0 Å². The van der Waals surface area contributed by atoms with E-state index >= 15 is 0 Å². The summed E-state index contributed by atoms with van der Waals surface area (Å²) in [4.78, 5) is 0. The Morgan fingerprint density at radius 2 is 1.50 bits per heavy atom. The van der Waals surface area contributed by atoms with Gasteiger partial charge < -0.3 is 5.11 Å². The van der Waals surface area contributed by atoms with Crippen LogP contribution >= 0.6 is 0 Å². The molecule has 1 rings (SSSR count). The molecule has 1 aliphatic rings. The van der Waals surface area contributed by atoms with E-state index in [2.05, 4.69) is 0 Å². The van der Waals surface area contributed by atoms with E-state index in [4.69, 9.17) is 31.4 Å². The number of rotatable bonds is 2. The molecule has 1 nitrogen and oxygen atoms in total. The lowest BCUT2D eigenvalue weighted by molar-refractivity contribution is 0.161. The van der Waals surface area contributed by atoms with Gasteiger partial charge in [-0.3, -0.25) is 0 Å². The van der Waals surface area contributed by atoms with Crippen molar-refractivity contribution in [2.75, 3.05) is 0 Å². The van der Waals surface area contributed by atoms with Crippen molar-refractivity contribution in [1.82, 2.24) is 0 Å². The first-order chi connectivity index (χ1) is 5.36. The molecule has 0 heterocycles. The van der Waals surface area contributed by atoms with Gasteiger partial charge in [0.05, 0.1) is 31.4 Å². The van der Waals surface area contributed by atoms with Crippen LogP contribution in [0.15, 0.2) is 12.2 Å². The SMILES string of the molecule is [B]C([B])(O)C([B])([B])C1CC=CC1. The third kappa shape index (κ3) is 1.66. The highest BCUT2D eigenvalue weighted by atomic mass is 16.3. The maximum Gasteiger partial charge on any atom is 0.0977 e. The predicted octanol–water partition coefficient (Wildman–Crippen LogP) is -0.611. The zero-order valence-corrected chi connectivity index (χ0v) is 6.90. The van der Waals surface area contributed by atoms with Gasteiger partial charge >= 0.3 is 0 Å². The average Bonchev–Trinajstić information content (AvgIpc) is 2.34. The first kappa shape index (κ1) is 10.0. The Morgan fingerprint density at radius 1 is 1.08 bits per heavy atom. The van der Waals surface area contributed by atoms with Crippen LogP contribution in [0.2, 0.25) is 5.21 Å². The highest BCUT2D eigenvalue weighted by Crippen LogP contribution is 2.42. The van der Waals surface area contributed by atoms with Crippen molar-refractivity contribution in [1.29, 1.82) is 0 Å². The Labute approximate surface area is 78.6 Å². The van der Waals surface area contributed by atoms with Crippen LogP contribution in [0.4, 0.5) is 0 Å². The van der Waals surface area contributed by atoms with Crippen molar-refractivity contribution < 1.29 is 5.11 Å². The number of hydrogen-bond acceptors (Lipinski definition) is 1. The fourth-order valence-electron chi connectivity index (χ4n) is 1.33. The summed E-state index contributed by atoms with van der Waals surface area (Å²) >= 11 is 0. The van der Waals surface area contributed by atoms with E-state index in [1.54, 1.807) is 0 Å². The van der Waals surface area contributed by atoms with Crippen LogP contribution < -0.4 is 0 Å². The van der Waals surface area contributed by atoms with Crippen LogP contribution in [0.25, 0.3) is 0 Å². The zero-order valence-electron chi connectivity index (χ0n) is 6.90. The molecule has 12 heavy (non-hydrogen) atoms. The summed E-state index contributed by atoms with van der Waals surface area (Å²) in [5.74, 6) is -0.0856. The molecule has 0 aromatic rings. The van der Waals surface area contributed by atoms with Crippen molar-refractivity contribution in [3.63, 3.8) is 0 Å². The summed E-state index contributed by atoms with van der Waals surface area (Å²) in [7, 11) is 21.8. The van der Waals surface area contributed by atoms with Crippen molar-refractivity contribution in [2.45, 2.75) is 23.5 Å². The molecule has 1 aliphatic carbocycles. The topological polar surface area (TPSA) is 20.2 Å². The predicted molar refractivity (Wildman–Crippen MR) is 52.5 cm³/mol. The van der Waals surface area contributed by atoms with Gasteiger partial charge in [-0.05, 0) is 24.2 Å². The van der Waals surface area contributed by atoms with Gasteiger partial charge in [0.25, 0.3) is 0 Å². The highest BCUT2D eigenvalue weighted by molar-refractivity contribution is 6.53. The van der Waals surface area contributed by atoms with Gasteiger partial charge in [0, 0.05) is 0 Å². The number of hydrogen-bond donors (Lipinski definition) is 1. The molecule has 0 spiro atoms. The fourth-order valence-corrected chi connectivity index (χ4v) is 1.33. The number of aliphatic hydroxyl groups is 1.